The number of carbonyl (C=O) groups is 1. The van der Waals surface area contributed by atoms with Crippen LogP contribution in [0.1, 0.15) is 23.7 Å². The van der Waals surface area contributed by atoms with Crippen molar-refractivity contribution in [3.63, 3.8) is 0 Å². The number of aromatic nitrogens is 1. The maximum Gasteiger partial charge on any atom is 0.264 e. The average molecular weight is 589 g/mol. The highest BCUT2D eigenvalue weighted by atomic mass is 35.5. The van der Waals surface area contributed by atoms with Crippen molar-refractivity contribution in [2.45, 2.75) is 18.2 Å². The van der Waals surface area contributed by atoms with Gasteiger partial charge >= 0.3 is 0 Å². The van der Waals surface area contributed by atoms with E-state index in [0.717, 1.165) is 23.2 Å². The molecule has 0 unspecified atom stereocenters. The molecule has 1 amide bonds. The van der Waals surface area contributed by atoms with Crippen molar-refractivity contribution in [2.24, 2.45) is 0 Å². The van der Waals surface area contributed by atoms with Gasteiger partial charge in [0.25, 0.3) is 15.9 Å². The summed E-state index contributed by atoms with van der Waals surface area (Å²) in [6, 6.07) is 20.7. The van der Waals surface area contributed by atoms with Gasteiger partial charge < -0.3 is 9.64 Å². The molecule has 0 saturated heterocycles. The SMILES string of the molecule is CCOc1cccc2sc(N(CCCN(C)C)C(=O)c3ccc(S(=O)(=O)N(C)c4ccccc4)cc3)nc12.Cl. The summed E-state index contributed by atoms with van der Waals surface area (Å²) < 4.78 is 34.2. The van der Waals surface area contributed by atoms with Crippen molar-refractivity contribution in [3.8, 4) is 5.75 Å². The molecular formula is C28H33ClN4O4S2. The molecule has 208 valence electrons. The van der Waals surface area contributed by atoms with Crippen LogP contribution in [-0.4, -0.2) is 65.0 Å². The zero-order valence-corrected chi connectivity index (χ0v) is 24.9. The Labute approximate surface area is 240 Å². The summed E-state index contributed by atoms with van der Waals surface area (Å²) in [5.41, 5.74) is 1.67. The van der Waals surface area contributed by atoms with Crippen LogP contribution in [0.2, 0.25) is 0 Å². The highest BCUT2D eigenvalue weighted by Gasteiger charge is 2.25. The van der Waals surface area contributed by atoms with Crippen LogP contribution in [0.15, 0.2) is 77.7 Å². The number of ether oxygens (including phenoxy) is 1. The zero-order valence-electron chi connectivity index (χ0n) is 22.4. The number of nitrogens with zero attached hydrogens (tertiary/aromatic N) is 4. The molecular weight excluding hydrogens is 556 g/mol. The second-order valence-corrected chi connectivity index (χ2v) is 12.0. The lowest BCUT2D eigenvalue weighted by molar-refractivity contribution is 0.0986. The van der Waals surface area contributed by atoms with Gasteiger partial charge in [0.1, 0.15) is 11.3 Å². The quantitative estimate of drug-likeness (QED) is 0.229. The van der Waals surface area contributed by atoms with Crippen LogP contribution in [0.25, 0.3) is 10.2 Å². The fourth-order valence-electron chi connectivity index (χ4n) is 3.99. The van der Waals surface area contributed by atoms with Crippen molar-refractivity contribution in [3.05, 3.63) is 78.4 Å². The minimum atomic E-state index is -3.78. The van der Waals surface area contributed by atoms with Gasteiger partial charge in [0.15, 0.2) is 5.13 Å². The molecule has 39 heavy (non-hydrogen) atoms. The lowest BCUT2D eigenvalue weighted by Gasteiger charge is -2.22. The highest BCUT2D eigenvalue weighted by molar-refractivity contribution is 7.92. The maximum absolute atomic E-state index is 13.7. The number of benzene rings is 3. The first-order valence-corrected chi connectivity index (χ1v) is 14.6. The number of anilines is 2. The van der Waals surface area contributed by atoms with Crippen molar-refractivity contribution in [1.29, 1.82) is 0 Å². The van der Waals surface area contributed by atoms with Gasteiger partial charge in [0.05, 0.1) is 21.9 Å². The molecule has 1 aromatic heterocycles. The first-order chi connectivity index (χ1) is 18.2. The summed E-state index contributed by atoms with van der Waals surface area (Å²) in [6.45, 7) is 3.72. The van der Waals surface area contributed by atoms with Crippen LogP contribution in [0, 0.1) is 0 Å². The van der Waals surface area contributed by atoms with Crippen molar-refractivity contribution in [1.82, 2.24) is 9.88 Å². The van der Waals surface area contributed by atoms with Crippen LogP contribution in [-0.2, 0) is 10.0 Å². The molecule has 0 fully saturated rings. The summed E-state index contributed by atoms with van der Waals surface area (Å²) in [5, 5.41) is 0.580. The number of fused-ring (bicyclic) bond motifs is 1. The molecule has 0 bridgehead atoms. The molecule has 1 heterocycles. The van der Waals surface area contributed by atoms with Crippen LogP contribution in [0.4, 0.5) is 10.8 Å². The van der Waals surface area contributed by atoms with E-state index >= 15 is 0 Å². The first-order valence-electron chi connectivity index (χ1n) is 12.4. The van der Waals surface area contributed by atoms with E-state index in [1.54, 1.807) is 41.3 Å². The molecule has 0 atom stereocenters. The third kappa shape index (κ3) is 6.88. The molecule has 0 saturated carbocycles. The number of carbonyl (C=O) groups excluding carboxylic acids is 1. The number of thiazole rings is 1. The number of para-hydroxylation sites is 2. The Balaban J connectivity index is 0.00000420. The third-order valence-corrected chi connectivity index (χ3v) is 8.86. The molecule has 0 radical (unpaired) electrons. The van der Waals surface area contributed by atoms with Gasteiger partial charge in [-0.3, -0.25) is 14.0 Å². The van der Waals surface area contributed by atoms with E-state index in [-0.39, 0.29) is 23.2 Å². The molecule has 0 aliphatic heterocycles. The fourth-order valence-corrected chi connectivity index (χ4v) is 6.19. The number of sulfonamides is 1. The highest BCUT2D eigenvalue weighted by Crippen LogP contribution is 2.35. The maximum atomic E-state index is 13.7. The van der Waals surface area contributed by atoms with E-state index in [2.05, 4.69) is 4.90 Å². The number of amides is 1. The van der Waals surface area contributed by atoms with E-state index in [9.17, 15) is 13.2 Å². The Kier molecular flexibility index (Phi) is 10.3. The Morgan fingerprint density at radius 3 is 2.26 bits per heavy atom. The van der Waals surface area contributed by atoms with Gasteiger partial charge in [0, 0.05) is 19.2 Å². The lowest BCUT2D eigenvalue weighted by Crippen LogP contribution is -2.33. The Morgan fingerprint density at radius 1 is 0.923 bits per heavy atom. The fraction of sp³-hybridized carbons (Fsp3) is 0.286. The predicted molar refractivity (Wildman–Crippen MR) is 161 cm³/mol. The van der Waals surface area contributed by atoms with E-state index in [0.29, 0.717) is 35.3 Å². The second-order valence-electron chi connectivity index (χ2n) is 8.98. The Bertz CT molecular complexity index is 1490. The molecule has 3 aromatic carbocycles. The Hall–Kier alpha value is -3.18. The number of halogens is 1. The van der Waals surface area contributed by atoms with Crippen molar-refractivity contribution in [2.75, 3.05) is 50.0 Å². The molecule has 0 N–H and O–H groups in total. The number of rotatable bonds is 11. The molecule has 0 aliphatic rings. The van der Waals surface area contributed by atoms with Gasteiger partial charge in [-0.15, -0.1) is 12.4 Å². The van der Waals surface area contributed by atoms with Crippen molar-refractivity contribution < 1.29 is 17.9 Å². The second kappa shape index (κ2) is 13.3. The van der Waals surface area contributed by atoms with E-state index in [4.69, 9.17) is 9.72 Å². The number of hydrogen-bond donors (Lipinski definition) is 0. The predicted octanol–water partition coefficient (Wildman–Crippen LogP) is 5.54. The van der Waals surface area contributed by atoms with Gasteiger partial charge in [-0.25, -0.2) is 13.4 Å². The molecule has 0 spiro atoms. The van der Waals surface area contributed by atoms with Crippen LogP contribution >= 0.6 is 23.7 Å². The van der Waals surface area contributed by atoms with Gasteiger partial charge in [-0.05, 0) is 82.5 Å². The topological polar surface area (TPSA) is 83.0 Å². The molecule has 4 rings (SSSR count). The molecule has 8 nitrogen and oxygen atoms in total. The van der Waals surface area contributed by atoms with Crippen LogP contribution in [0.5, 0.6) is 5.75 Å². The van der Waals surface area contributed by atoms with Crippen LogP contribution in [0.3, 0.4) is 0 Å². The first kappa shape index (κ1) is 30.4. The normalized spacial score (nSPS) is 11.3. The van der Waals surface area contributed by atoms with E-state index in [1.165, 1.54) is 34.8 Å². The van der Waals surface area contributed by atoms with E-state index in [1.807, 2.05) is 45.3 Å². The third-order valence-electron chi connectivity index (χ3n) is 6.01. The minimum Gasteiger partial charge on any atom is -0.492 e. The summed E-state index contributed by atoms with van der Waals surface area (Å²) in [6.07, 6.45) is 0.751. The lowest BCUT2D eigenvalue weighted by atomic mass is 10.2. The Morgan fingerprint density at radius 2 is 1.62 bits per heavy atom. The largest absolute Gasteiger partial charge is 0.492 e. The summed E-state index contributed by atoms with van der Waals surface area (Å²) >= 11 is 1.43. The van der Waals surface area contributed by atoms with Gasteiger partial charge in [-0.2, -0.15) is 0 Å². The summed E-state index contributed by atoms with van der Waals surface area (Å²) in [5.74, 6) is 0.450. The van der Waals surface area contributed by atoms with Crippen molar-refractivity contribution >= 4 is 60.7 Å². The minimum absolute atomic E-state index is 0. The average Bonchev–Trinajstić information content (AvgIpc) is 3.36. The van der Waals surface area contributed by atoms with E-state index < -0.39 is 10.0 Å². The number of hydrogen-bond acceptors (Lipinski definition) is 7. The standard InChI is InChI=1S/C28H32N4O4S2.ClH/c1-5-36-24-13-9-14-25-26(24)29-28(37-25)32(20-10-19-30(2)3)27(33)21-15-17-23(18-16-21)38(34,35)31(4)22-11-7-6-8-12-22;/h6-9,11-18H,5,10,19-20H2,1-4H3;1H. The molecule has 11 heteroatoms. The molecule has 4 aromatic rings. The smallest absolute Gasteiger partial charge is 0.264 e. The molecule has 0 aliphatic carbocycles. The summed E-state index contributed by atoms with van der Waals surface area (Å²) in [4.78, 5) is 22.3. The summed E-state index contributed by atoms with van der Waals surface area (Å²) in [7, 11) is 1.71. The zero-order chi connectivity index (χ0) is 27.3. The monoisotopic (exact) mass is 588 g/mol. The van der Waals surface area contributed by atoms with Gasteiger partial charge in [0.2, 0.25) is 0 Å². The van der Waals surface area contributed by atoms with Gasteiger partial charge in [-0.1, -0.05) is 35.6 Å². The van der Waals surface area contributed by atoms with Crippen LogP contribution < -0.4 is 13.9 Å².